The van der Waals surface area contributed by atoms with Gasteiger partial charge in [0.05, 0.1) is 32.5 Å². The molecule has 0 aliphatic carbocycles. The molecule has 2 aliphatic rings. The van der Waals surface area contributed by atoms with Crippen LogP contribution in [0.5, 0.6) is 0 Å². The van der Waals surface area contributed by atoms with Crippen LogP contribution in [-0.2, 0) is 28.7 Å². The number of hydrogen-bond donors (Lipinski definition) is 0. The van der Waals surface area contributed by atoms with Gasteiger partial charge >= 0.3 is 6.16 Å². The summed E-state index contributed by atoms with van der Waals surface area (Å²) in [5.41, 5.74) is 1.48. The van der Waals surface area contributed by atoms with Crippen molar-refractivity contribution in [3.8, 4) is 0 Å². The number of hydrogen-bond acceptors (Lipinski definition) is 8. The fourth-order valence-electron chi connectivity index (χ4n) is 4.25. The first-order chi connectivity index (χ1) is 15.8. The lowest BCUT2D eigenvalue weighted by Gasteiger charge is -2.43. The van der Waals surface area contributed by atoms with Crippen molar-refractivity contribution in [3.05, 3.63) is 39.6 Å². The van der Waals surface area contributed by atoms with Crippen molar-refractivity contribution < 1.29 is 33.5 Å². The molecular formula is C23H31ClN2O7. The summed E-state index contributed by atoms with van der Waals surface area (Å²) in [7, 11) is 3.16. The van der Waals surface area contributed by atoms with Gasteiger partial charge in [-0.25, -0.2) is 9.86 Å². The average molecular weight is 483 g/mol. The number of ether oxygens (including phenoxy) is 3. The Morgan fingerprint density at radius 3 is 2.42 bits per heavy atom. The lowest BCUT2D eigenvalue weighted by molar-refractivity contribution is -0.235. The molecule has 2 aliphatic heterocycles. The molecule has 0 atom stereocenters. The summed E-state index contributed by atoms with van der Waals surface area (Å²) in [4.78, 5) is 37.6. The maximum Gasteiger partial charge on any atom is 0.513 e. The van der Waals surface area contributed by atoms with E-state index in [1.54, 1.807) is 32.3 Å². The van der Waals surface area contributed by atoms with E-state index < -0.39 is 11.7 Å². The second kappa shape index (κ2) is 10.8. The Morgan fingerprint density at radius 1 is 1.12 bits per heavy atom. The first-order valence-corrected chi connectivity index (χ1v) is 11.3. The number of aryl methyl sites for hydroxylation is 2. The topological polar surface area (TPSA) is 86.8 Å². The molecule has 1 fully saturated rings. The Labute approximate surface area is 199 Å². The molecule has 1 aromatic rings. The summed E-state index contributed by atoms with van der Waals surface area (Å²) < 4.78 is 15.9. The minimum absolute atomic E-state index is 0.146. The van der Waals surface area contributed by atoms with Gasteiger partial charge in [0.2, 0.25) is 0 Å². The molecule has 1 spiro atoms. The van der Waals surface area contributed by atoms with Gasteiger partial charge < -0.3 is 19.0 Å². The quantitative estimate of drug-likeness (QED) is 0.410. The maximum atomic E-state index is 13.8. The molecule has 0 unspecified atom stereocenters. The minimum atomic E-state index is -0.998. The molecular weight excluding hydrogens is 452 g/mol. The van der Waals surface area contributed by atoms with E-state index in [4.69, 9.17) is 35.5 Å². The highest BCUT2D eigenvalue weighted by atomic mass is 35.5. The van der Waals surface area contributed by atoms with Crippen molar-refractivity contribution in [2.45, 2.75) is 39.2 Å². The van der Waals surface area contributed by atoms with E-state index >= 15 is 0 Å². The van der Waals surface area contributed by atoms with Crippen LogP contribution in [0.3, 0.4) is 0 Å². The van der Waals surface area contributed by atoms with Crippen molar-refractivity contribution >= 4 is 29.2 Å². The summed E-state index contributed by atoms with van der Waals surface area (Å²) in [6.45, 7) is 7.03. The SMILES string of the molecule is CCOC(=O)OC1=C(c2cc(C)c(Cl)cc2C)C(=O)N(OCCOC)C12CCN(OC)CC2. The Hall–Kier alpha value is -2.17. The Balaban J connectivity index is 2.17. The second-order valence-electron chi connectivity index (χ2n) is 7.97. The fourth-order valence-corrected chi connectivity index (χ4v) is 4.46. The molecule has 1 amide bonds. The zero-order chi connectivity index (χ0) is 24.2. The van der Waals surface area contributed by atoms with Gasteiger partial charge in [-0.05, 0) is 62.4 Å². The number of methoxy groups -OCH3 is 1. The number of carbonyl (C=O) groups is 2. The minimum Gasteiger partial charge on any atom is -0.434 e. The van der Waals surface area contributed by atoms with Crippen molar-refractivity contribution in [2.24, 2.45) is 0 Å². The molecule has 0 saturated carbocycles. The standard InChI is InChI=1S/C23H31ClN2O7/c1-6-31-22(28)33-20-19(17-13-16(3)18(24)14-15(17)2)21(27)26(32-12-11-29-4)23(20)7-9-25(30-5)10-8-23/h13-14H,6-12H2,1-5H3. The third-order valence-corrected chi connectivity index (χ3v) is 6.38. The smallest absolute Gasteiger partial charge is 0.434 e. The first-order valence-electron chi connectivity index (χ1n) is 10.9. The molecule has 10 heteroatoms. The maximum absolute atomic E-state index is 13.8. The number of amides is 1. The molecule has 0 bridgehead atoms. The Kier molecular flexibility index (Phi) is 8.36. The van der Waals surface area contributed by atoms with Crippen LogP contribution in [0.15, 0.2) is 17.9 Å². The van der Waals surface area contributed by atoms with Crippen LogP contribution in [0, 0.1) is 13.8 Å². The van der Waals surface area contributed by atoms with Gasteiger partial charge in [-0.2, -0.15) is 5.06 Å². The van der Waals surface area contributed by atoms with Crippen LogP contribution in [0.1, 0.15) is 36.5 Å². The van der Waals surface area contributed by atoms with Gasteiger partial charge in [0.15, 0.2) is 5.76 Å². The van der Waals surface area contributed by atoms with E-state index in [0.29, 0.717) is 43.1 Å². The van der Waals surface area contributed by atoms with Crippen molar-refractivity contribution in [1.29, 1.82) is 0 Å². The molecule has 182 valence electrons. The lowest BCUT2D eigenvalue weighted by atomic mass is 9.85. The van der Waals surface area contributed by atoms with Crippen molar-refractivity contribution in [2.75, 3.05) is 47.1 Å². The van der Waals surface area contributed by atoms with E-state index in [1.807, 2.05) is 19.9 Å². The second-order valence-corrected chi connectivity index (χ2v) is 8.38. The summed E-state index contributed by atoms with van der Waals surface area (Å²) in [5.74, 6) is -0.162. The summed E-state index contributed by atoms with van der Waals surface area (Å²) in [6.07, 6.45) is 0.000699. The van der Waals surface area contributed by atoms with Crippen LogP contribution in [0.2, 0.25) is 5.02 Å². The molecule has 0 N–H and O–H groups in total. The molecule has 0 radical (unpaired) electrons. The van der Waals surface area contributed by atoms with Crippen LogP contribution < -0.4 is 0 Å². The monoisotopic (exact) mass is 482 g/mol. The number of nitrogens with zero attached hydrogens (tertiary/aromatic N) is 2. The number of benzene rings is 1. The van der Waals surface area contributed by atoms with Crippen molar-refractivity contribution in [3.63, 3.8) is 0 Å². The largest absolute Gasteiger partial charge is 0.513 e. The number of carbonyl (C=O) groups excluding carboxylic acids is 2. The summed E-state index contributed by atoms with van der Waals surface area (Å²) >= 11 is 6.30. The van der Waals surface area contributed by atoms with Gasteiger partial charge in [-0.15, -0.1) is 0 Å². The zero-order valence-electron chi connectivity index (χ0n) is 19.7. The normalized spacial score (nSPS) is 18.4. The highest BCUT2D eigenvalue weighted by Gasteiger charge is 2.57. The molecule has 1 aromatic carbocycles. The number of piperidine rings is 1. The molecule has 2 heterocycles. The number of halogens is 1. The van der Waals surface area contributed by atoms with Crippen LogP contribution in [0.25, 0.3) is 5.57 Å². The van der Waals surface area contributed by atoms with Crippen LogP contribution in [0.4, 0.5) is 4.79 Å². The van der Waals surface area contributed by atoms with E-state index in [0.717, 1.165) is 11.1 Å². The van der Waals surface area contributed by atoms with E-state index in [2.05, 4.69) is 0 Å². The summed E-state index contributed by atoms with van der Waals surface area (Å²) in [5, 5.41) is 3.72. The first kappa shape index (κ1) is 25.5. The van der Waals surface area contributed by atoms with E-state index in [-0.39, 0.29) is 30.5 Å². The molecule has 33 heavy (non-hydrogen) atoms. The Bertz CT molecular complexity index is 926. The lowest BCUT2D eigenvalue weighted by Crippen LogP contribution is -2.55. The van der Waals surface area contributed by atoms with Gasteiger partial charge in [-0.3, -0.25) is 9.63 Å². The fraction of sp³-hybridized carbons (Fsp3) is 0.565. The molecule has 3 rings (SSSR count). The average Bonchev–Trinajstić information content (AvgIpc) is 2.99. The van der Waals surface area contributed by atoms with Crippen LogP contribution >= 0.6 is 11.6 Å². The highest BCUT2D eigenvalue weighted by Crippen LogP contribution is 2.48. The van der Waals surface area contributed by atoms with Crippen LogP contribution in [-0.4, -0.2) is 74.9 Å². The Morgan fingerprint density at radius 2 is 1.82 bits per heavy atom. The van der Waals surface area contributed by atoms with Gasteiger partial charge in [-0.1, -0.05) is 11.6 Å². The summed E-state index contributed by atoms with van der Waals surface area (Å²) in [6, 6.07) is 3.62. The molecule has 0 aromatic heterocycles. The molecule has 1 saturated heterocycles. The zero-order valence-corrected chi connectivity index (χ0v) is 20.5. The van der Waals surface area contributed by atoms with E-state index in [9.17, 15) is 9.59 Å². The molecule has 9 nitrogen and oxygen atoms in total. The third kappa shape index (κ3) is 5.02. The number of hydroxylamine groups is 4. The van der Waals surface area contributed by atoms with Crippen molar-refractivity contribution in [1.82, 2.24) is 10.1 Å². The predicted octanol–water partition coefficient (Wildman–Crippen LogP) is 3.66. The number of rotatable bonds is 8. The van der Waals surface area contributed by atoms with Gasteiger partial charge in [0.1, 0.15) is 5.54 Å². The highest BCUT2D eigenvalue weighted by molar-refractivity contribution is 6.31. The third-order valence-electron chi connectivity index (χ3n) is 5.97. The van der Waals surface area contributed by atoms with E-state index in [1.165, 1.54) is 5.06 Å². The van der Waals surface area contributed by atoms with Gasteiger partial charge in [0, 0.05) is 25.2 Å². The van der Waals surface area contributed by atoms with Gasteiger partial charge in [0.25, 0.3) is 5.91 Å². The predicted molar refractivity (Wildman–Crippen MR) is 121 cm³/mol.